The Kier molecular flexibility index (Phi) is 7.61. The molecule has 0 saturated carbocycles. The molecule has 0 bridgehead atoms. The van der Waals surface area contributed by atoms with E-state index in [9.17, 15) is 0 Å². The molecule has 2 atom stereocenters. The van der Waals surface area contributed by atoms with E-state index < -0.39 is 33.6 Å². The van der Waals surface area contributed by atoms with E-state index in [-0.39, 0.29) is 0 Å². The maximum atomic E-state index is 5.92. The van der Waals surface area contributed by atoms with Gasteiger partial charge in [0.15, 0.2) is 0 Å². The third-order valence-corrected chi connectivity index (χ3v) is 3.78. The summed E-state index contributed by atoms with van der Waals surface area (Å²) in [5.74, 6) is 0. The van der Waals surface area contributed by atoms with Crippen LogP contribution in [0.4, 0.5) is 0 Å². The molecule has 0 N–H and O–H groups in total. The zero-order valence-electron chi connectivity index (χ0n) is 20.7. The van der Waals surface area contributed by atoms with Gasteiger partial charge in [-0.1, -0.05) is 0 Å². The van der Waals surface area contributed by atoms with Gasteiger partial charge in [-0.25, -0.2) is 29.3 Å². The SMILES string of the molecule is CC(C)(C)OOC1(C)C=CC(C)(OOC(C)(C)C)C(C(C)(C)OOC(C)(C)C)=C1. The molecule has 0 amide bonds. The molecule has 2 unspecified atom stereocenters. The lowest BCUT2D eigenvalue weighted by Gasteiger charge is -2.43. The summed E-state index contributed by atoms with van der Waals surface area (Å²) in [7, 11) is 0. The van der Waals surface area contributed by atoms with E-state index in [1.165, 1.54) is 0 Å². The standard InChI is InChI=1S/C23H42O6/c1-18(2,3)24-27-21(10,11)17-16-22(12,28-25-19(4,5)6)14-15-23(17,13)29-26-20(7,8)9/h14-16H,1-13H3. The van der Waals surface area contributed by atoms with Gasteiger partial charge in [-0.15, -0.1) is 0 Å². The lowest BCUT2D eigenvalue weighted by atomic mass is 9.77. The van der Waals surface area contributed by atoms with Crippen molar-refractivity contribution in [2.45, 2.75) is 124 Å². The van der Waals surface area contributed by atoms with E-state index >= 15 is 0 Å². The van der Waals surface area contributed by atoms with Crippen LogP contribution in [0.15, 0.2) is 23.8 Å². The molecule has 0 fully saturated rings. The molecule has 0 radical (unpaired) electrons. The van der Waals surface area contributed by atoms with E-state index in [0.717, 1.165) is 5.57 Å². The van der Waals surface area contributed by atoms with Crippen LogP contribution in [-0.2, 0) is 29.3 Å². The van der Waals surface area contributed by atoms with Gasteiger partial charge in [0.25, 0.3) is 0 Å². The molecule has 1 aliphatic carbocycles. The van der Waals surface area contributed by atoms with Gasteiger partial charge >= 0.3 is 0 Å². The lowest BCUT2D eigenvalue weighted by Crippen LogP contribution is -2.48. The zero-order valence-corrected chi connectivity index (χ0v) is 20.7. The minimum atomic E-state index is -0.886. The second-order valence-electron chi connectivity index (χ2n) is 11.5. The Bertz CT molecular complexity index is 615. The second kappa shape index (κ2) is 8.40. The van der Waals surface area contributed by atoms with Gasteiger partial charge in [0, 0.05) is 5.57 Å². The Labute approximate surface area is 177 Å². The Morgan fingerprint density at radius 2 is 1.03 bits per heavy atom. The molecule has 0 aromatic carbocycles. The first kappa shape index (κ1) is 26.3. The van der Waals surface area contributed by atoms with Gasteiger partial charge in [0.05, 0.1) is 16.8 Å². The van der Waals surface area contributed by atoms with Gasteiger partial charge in [-0.3, -0.25) is 0 Å². The van der Waals surface area contributed by atoms with Crippen LogP contribution in [0.3, 0.4) is 0 Å². The molecule has 0 aliphatic heterocycles. The third-order valence-electron chi connectivity index (χ3n) is 3.78. The minimum Gasteiger partial charge on any atom is -0.230 e. The van der Waals surface area contributed by atoms with Crippen molar-refractivity contribution in [1.29, 1.82) is 0 Å². The quantitative estimate of drug-likeness (QED) is 0.288. The van der Waals surface area contributed by atoms with Gasteiger partial charge in [-0.05, 0) is 108 Å². The molecular formula is C23H42O6. The van der Waals surface area contributed by atoms with E-state index in [1.54, 1.807) is 0 Å². The normalized spacial score (nSPS) is 26.6. The summed E-state index contributed by atoms with van der Waals surface area (Å²) in [6.07, 6.45) is 5.74. The summed E-state index contributed by atoms with van der Waals surface area (Å²) in [5.41, 5.74) is -3.11. The van der Waals surface area contributed by atoms with E-state index in [0.29, 0.717) is 0 Å². The van der Waals surface area contributed by atoms with Gasteiger partial charge in [0.2, 0.25) is 0 Å². The summed E-state index contributed by atoms with van der Waals surface area (Å²) >= 11 is 0. The molecule has 1 aliphatic rings. The minimum absolute atomic E-state index is 0.446. The van der Waals surface area contributed by atoms with Crippen molar-refractivity contribution in [3.8, 4) is 0 Å². The Morgan fingerprint density at radius 1 is 0.586 bits per heavy atom. The average Bonchev–Trinajstić information content (AvgIpc) is 2.51. The summed E-state index contributed by atoms with van der Waals surface area (Å²) in [4.78, 5) is 34.5. The maximum absolute atomic E-state index is 5.92. The van der Waals surface area contributed by atoms with E-state index in [2.05, 4.69) is 0 Å². The predicted molar refractivity (Wildman–Crippen MR) is 114 cm³/mol. The molecule has 0 heterocycles. The highest BCUT2D eigenvalue weighted by Gasteiger charge is 2.46. The van der Waals surface area contributed by atoms with Crippen LogP contribution in [-0.4, -0.2) is 33.6 Å². The number of hydrogen-bond acceptors (Lipinski definition) is 6. The number of hydrogen-bond donors (Lipinski definition) is 0. The predicted octanol–water partition coefficient (Wildman–Crippen LogP) is 6.02. The first-order valence-corrected chi connectivity index (χ1v) is 10.2. The van der Waals surface area contributed by atoms with Gasteiger partial charge in [0.1, 0.15) is 16.8 Å². The highest BCUT2D eigenvalue weighted by atomic mass is 17.2. The summed E-state index contributed by atoms with van der Waals surface area (Å²) in [6, 6.07) is 0. The monoisotopic (exact) mass is 414 g/mol. The molecule has 1 rings (SSSR count). The molecule has 0 aromatic rings. The smallest absolute Gasteiger partial charge is 0.143 e. The van der Waals surface area contributed by atoms with Crippen molar-refractivity contribution >= 4 is 0 Å². The molecule has 0 spiro atoms. The van der Waals surface area contributed by atoms with Crippen LogP contribution in [0.2, 0.25) is 0 Å². The topological polar surface area (TPSA) is 55.4 Å². The summed E-state index contributed by atoms with van der Waals surface area (Å²) in [6.45, 7) is 25.1. The van der Waals surface area contributed by atoms with E-state index in [4.69, 9.17) is 29.3 Å². The second-order valence-corrected chi connectivity index (χ2v) is 11.5. The highest BCUT2D eigenvalue weighted by molar-refractivity contribution is 5.40. The van der Waals surface area contributed by atoms with Crippen molar-refractivity contribution in [3.05, 3.63) is 23.8 Å². The van der Waals surface area contributed by atoms with Crippen molar-refractivity contribution < 1.29 is 29.3 Å². The molecule has 6 nitrogen and oxygen atoms in total. The fourth-order valence-electron chi connectivity index (χ4n) is 2.49. The van der Waals surface area contributed by atoms with Crippen LogP contribution in [0.25, 0.3) is 0 Å². The van der Waals surface area contributed by atoms with Crippen LogP contribution < -0.4 is 0 Å². The molecule has 0 saturated heterocycles. The van der Waals surface area contributed by atoms with Crippen LogP contribution >= 0.6 is 0 Å². The van der Waals surface area contributed by atoms with Crippen molar-refractivity contribution in [2.24, 2.45) is 0 Å². The number of rotatable bonds is 7. The molecule has 170 valence electrons. The average molecular weight is 415 g/mol. The van der Waals surface area contributed by atoms with Crippen LogP contribution in [0.5, 0.6) is 0 Å². The van der Waals surface area contributed by atoms with Crippen LogP contribution in [0, 0.1) is 0 Å². The Morgan fingerprint density at radius 3 is 1.48 bits per heavy atom. The van der Waals surface area contributed by atoms with Gasteiger partial charge in [-0.2, -0.15) is 0 Å². The van der Waals surface area contributed by atoms with E-state index in [1.807, 2.05) is 108 Å². The summed E-state index contributed by atoms with van der Waals surface area (Å²) in [5, 5.41) is 0. The first-order chi connectivity index (χ1) is 12.7. The van der Waals surface area contributed by atoms with Gasteiger partial charge < -0.3 is 0 Å². The lowest BCUT2D eigenvalue weighted by molar-refractivity contribution is -0.409. The molecular weight excluding hydrogens is 372 g/mol. The Hall–Kier alpha value is -0.760. The molecule has 0 aromatic heterocycles. The summed E-state index contributed by atoms with van der Waals surface area (Å²) < 4.78 is 0. The van der Waals surface area contributed by atoms with Crippen molar-refractivity contribution in [2.75, 3.05) is 0 Å². The fraction of sp³-hybridized carbons (Fsp3) is 0.826. The first-order valence-electron chi connectivity index (χ1n) is 10.2. The largest absolute Gasteiger partial charge is 0.230 e. The van der Waals surface area contributed by atoms with Crippen LogP contribution in [0.1, 0.15) is 90.0 Å². The fourth-order valence-corrected chi connectivity index (χ4v) is 2.49. The van der Waals surface area contributed by atoms with Crippen molar-refractivity contribution in [3.63, 3.8) is 0 Å². The molecule has 6 heteroatoms. The third kappa shape index (κ3) is 8.87. The maximum Gasteiger partial charge on any atom is 0.143 e. The van der Waals surface area contributed by atoms with Crippen molar-refractivity contribution in [1.82, 2.24) is 0 Å². The highest BCUT2D eigenvalue weighted by Crippen LogP contribution is 2.42. The molecule has 29 heavy (non-hydrogen) atoms. The Balaban J connectivity index is 3.27. The zero-order chi connectivity index (χ0) is 22.9.